The smallest absolute Gasteiger partial charge is 0.183 e. The number of benzene rings is 6. The highest BCUT2D eigenvalue weighted by Crippen LogP contribution is 2.55. The standard InChI is InChI=1S/C46H35N5O3/c1-27-39(43(54)42(53)38(41(27)52)46-48-44(28-15-5-2-6-16-28)47-45(49-46)29-17-7-3-8-18-29)51-34-23-13-11-21-31(34)32-25-26-36-37(40(32)51)33-22-12-14-24-35(33)50(36)30-19-9-4-10-20-30/h2-26,36-37,46,52-54H,1H3,(H,47,48,49). The Morgan fingerprint density at radius 2 is 1.31 bits per heavy atom. The monoisotopic (exact) mass is 705 g/mol. The number of hydrogen-bond acceptors (Lipinski definition) is 7. The molecule has 0 amide bonds. The SMILES string of the molecule is Cc1c(O)c(C2N=C(c3ccccc3)N=C(c3ccccc3)N2)c(O)c(O)c1-n1c2c(c3ccccc31)C=CC1C2c2ccccc2N1c1ccccc1. The fourth-order valence-corrected chi connectivity index (χ4v) is 8.51. The minimum absolute atomic E-state index is 0.0582. The largest absolute Gasteiger partial charge is 0.507 e. The maximum Gasteiger partial charge on any atom is 0.183 e. The summed E-state index contributed by atoms with van der Waals surface area (Å²) in [4.78, 5) is 12.1. The lowest BCUT2D eigenvalue weighted by Gasteiger charge is -2.32. The second-order valence-corrected chi connectivity index (χ2v) is 13.9. The lowest BCUT2D eigenvalue weighted by atomic mass is 9.84. The number of hydrogen-bond donors (Lipinski definition) is 4. The fraction of sp³-hybridized carbons (Fsp3) is 0.0870. The van der Waals surface area contributed by atoms with Crippen LogP contribution in [0.2, 0.25) is 0 Å². The highest BCUT2D eigenvalue weighted by atomic mass is 16.3. The molecule has 1 aliphatic carbocycles. The van der Waals surface area contributed by atoms with Gasteiger partial charge < -0.3 is 30.1 Å². The van der Waals surface area contributed by atoms with Crippen LogP contribution in [0.3, 0.4) is 0 Å². The first-order chi connectivity index (χ1) is 26.5. The number of rotatable bonds is 5. The van der Waals surface area contributed by atoms with Gasteiger partial charge in [0.2, 0.25) is 0 Å². The number of para-hydroxylation sites is 3. The quantitative estimate of drug-likeness (QED) is 0.106. The predicted molar refractivity (Wildman–Crippen MR) is 215 cm³/mol. The van der Waals surface area contributed by atoms with Crippen LogP contribution >= 0.6 is 0 Å². The first kappa shape index (κ1) is 31.7. The zero-order chi connectivity index (χ0) is 36.5. The van der Waals surface area contributed by atoms with Crippen molar-refractivity contribution in [3.05, 3.63) is 185 Å². The molecule has 0 fully saturated rings. The Kier molecular flexibility index (Phi) is 7.20. The van der Waals surface area contributed by atoms with Gasteiger partial charge in [0.05, 0.1) is 28.7 Å². The van der Waals surface area contributed by atoms with Crippen molar-refractivity contribution in [1.29, 1.82) is 0 Å². The molecule has 0 saturated heterocycles. The highest BCUT2D eigenvalue weighted by Gasteiger charge is 2.44. The van der Waals surface area contributed by atoms with E-state index in [0.717, 1.165) is 50.2 Å². The Hall–Kier alpha value is -7.06. The molecule has 3 unspecified atom stereocenters. The molecule has 1 aromatic heterocycles. The van der Waals surface area contributed by atoms with Crippen molar-refractivity contribution in [2.75, 3.05) is 4.90 Å². The molecule has 10 rings (SSSR count). The normalized spacial score (nSPS) is 18.4. The summed E-state index contributed by atoms with van der Waals surface area (Å²) < 4.78 is 2.04. The average molecular weight is 706 g/mol. The minimum atomic E-state index is -0.963. The van der Waals surface area contributed by atoms with Crippen LogP contribution in [-0.2, 0) is 0 Å². The summed E-state index contributed by atoms with van der Waals surface area (Å²) in [6.45, 7) is 1.78. The molecule has 3 atom stereocenters. The lowest BCUT2D eigenvalue weighted by Crippen LogP contribution is -2.33. The van der Waals surface area contributed by atoms with Crippen LogP contribution in [0.25, 0.3) is 22.7 Å². The van der Waals surface area contributed by atoms with Crippen LogP contribution in [0, 0.1) is 6.92 Å². The topological polar surface area (TPSA) is 106 Å². The number of amidine groups is 2. The van der Waals surface area contributed by atoms with Crippen LogP contribution < -0.4 is 10.2 Å². The van der Waals surface area contributed by atoms with E-state index in [1.807, 2.05) is 89.5 Å². The van der Waals surface area contributed by atoms with Gasteiger partial charge in [0.25, 0.3) is 0 Å². The van der Waals surface area contributed by atoms with Crippen LogP contribution in [0.1, 0.15) is 51.2 Å². The molecule has 8 heteroatoms. The van der Waals surface area contributed by atoms with E-state index in [1.165, 1.54) is 0 Å². The van der Waals surface area contributed by atoms with Crippen molar-refractivity contribution in [2.45, 2.75) is 25.0 Å². The maximum atomic E-state index is 12.3. The van der Waals surface area contributed by atoms with E-state index < -0.39 is 11.9 Å². The highest BCUT2D eigenvalue weighted by molar-refractivity contribution is 6.13. The number of fused-ring (bicyclic) bond motifs is 7. The molecule has 54 heavy (non-hydrogen) atoms. The average Bonchev–Trinajstić information content (AvgIpc) is 3.74. The number of nitrogens with zero attached hydrogens (tertiary/aromatic N) is 4. The van der Waals surface area contributed by atoms with Gasteiger partial charge >= 0.3 is 0 Å². The summed E-state index contributed by atoms with van der Waals surface area (Å²) in [6.07, 6.45) is 3.48. The molecular formula is C46H35N5O3. The molecule has 262 valence electrons. The van der Waals surface area contributed by atoms with Gasteiger partial charge in [0.1, 0.15) is 11.6 Å². The number of aliphatic imine (C=N–C) groups is 2. The molecule has 8 nitrogen and oxygen atoms in total. The summed E-state index contributed by atoms with van der Waals surface area (Å²) >= 11 is 0. The molecule has 2 aliphatic heterocycles. The third-order valence-corrected chi connectivity index (χ3v) is 10.9. The van der Waals surface area contributed by atoms with Crippen LogP contribution in [0.5, 0.6) is 17.2 Å². The molecule has 3 heterocycles. The van der Waals surface area contributed by atoms with E-state index >= 15 is 0 Å². The zero-order valence-electron chi connectivity index (χ0n) is 29.3. The molecule has 3 aliphatic rings. The zero-order valence-corrected chi connectivity index (χ0v) is 29.3. The Balaban J connectivity index is 1.17. The molecule has 0 bridgehead atoms. The van der Waals surface area contributed by atoms with Gasteiger partial charge in [-0.1, -0.05) is 127 Å². The number of aromatic hydroxyl groups is 3. The summed E-state index contributed by atoms with van der Waals surface area (Å²) in [6, 6.07) is 46.1. The number of phenolic OH excluding ortho intramolecular Hbond substituents is 3. The van der Waals surface area contributed by atoms with Crippen molar-refractivity contribution in [3.8, 4) is 22.9 Å². The molecule has 0 radical (unpaired) electrons. The first-order valence-electron chi connectivity index (χ1n) is 18.1. The van der Waals surface area contributed by atoms with Crippen molar-refractivity contribution in [2.24, 2.45) is 9.98 Å². The van der Waals surface area contributed by atoms with Crippen molar-refractivity contribution in [1.82, 2.24) is 9.88 Å². The number of nitrogens with one attached hydrogen (secondary N) is 1. The van der Waals surface area contributed by atoms with Gasteiger partial charge in [0, 0.05) is 44.7 Å². The fourth-order valence-electron chi connectivity index (χ4n) is 8.51. The second-order valence-electron chi connectivity index (χ2n) is 13.9. The summed E-state index contributed by atoms with van der Waals surface area (Å²) in [7, 11) is 0. The Bertz CT molecular complexity index is 2670. The van der Waals surface area contributed by atoms with E-state index in [0.29, 0.717) is 22.9 Å². The summed E-state index contributed by atoms with van der Waals surface area (Å²) in [5, 5.41) is 40.9. The second kappa shape index (κ2) is 12.3. The molecule has 6 aromatic carbocycles. The predicted octanol–water partition coefficient (Wildman–Crippen LogP) is 9.23. The molecule has 0 saturated carbocycles. The number of anilines is 2. The van der Waals surface area contributed by atoms with Crippen LogP contribution in [0.4, 0.5) is 11.4 Å². The van der Waals surface area contributed by atoms with E-state index in [-0.39, 0.29) is 29.0 Å². The van der Waals surface area contributed by atoms with Gasteiger partial charge in [-0.3, -0.25) is 0 Å². The van der Waals surface area contributed by atoms with Gasteiger partial charge in [-0.2, -0.15) is 0 Å². The van der Waals surface area contributed by atoms with Gasteiger partial charge in [0.15, 0.2) is 23.5 Å². The lowest BCUT2D eigenvalue weighted by molar-refractivity contribution is 0.379. The van der Waals surface area contributed by atoms with Crippen LogP contribution in [-0.4, -0.2) is 37.6 Å². The minimum Gasteiger partial charge on any atom is -0.507 e. The van der Waals surface area contributed by atoms with E-state index in [1.54, 1.807) is 6.92 Å². The van der Waals surface area contributed by atoms with Gasteiger partial charge in [-0.25, -0.2) is 9.98 Å². The third-order valence-electron chi connectivity index (χ3n) is 10.9. The van der Waals surface area contributed by atoms with E-state index in [2.05, 4.69) is 77.0 Å². The van der Waals surface area contributed by atoms with Crippen molar-refractivity contribution < 1.29 is 15.3 Å². The van der Waals surface area contributed by atoms with E-state index in [9.17, 15) is 15.3 Å². The maximum absolute atomic E-state index is 12.3. The summed E-state index contributed by atoms with van der Waals surface area (Å²) in [5.74, 6) is -0.133. The molecule has 7 aromatic rings. The summed E-state index contributed by atoms with van der Waals surface area (Å²) in [5.41, 5.74) is 8.60. The third kappa shape index (κ3) is 4.70. The van der Waals surface area contributed by atoms with Crippen molar-refractivity contribution in [3.63, 3.8) is 0 Å². The first-order valence-corrected chi connectivity index (χ1v) is 18.1. The van der Waals surface area contributed by atoms with Crippen molar-refractivity contribution >= 4 is 40.0 Å². The van der Waals surface area contributed by atoms with E-state index in [4.69, 9.17) is 9.98 Å². The molecular weight excluding hydrogens is 671 g/mol. The Morgan fingerprint density at radius 1 is 0.667 bits per heavy atom. The molecule has 0 spiro atoms. The number of aromatic nitrogens is 1. The molecule has 4 N–H and O–H groups in total. The number of phenols is 3. The Labute approximate surface area is 312 Å². The van der Waals surface area contributed by atoms with Gasteiger partial charge in [-0.05, 0) is 36.8 Å². The Morgan fingerprint density at radius 3 is 2.07 bits per heavy atom. The van der Waals surface area contributed by atoms with Gasteiger partial charge in [-0.15, -0.1) is 0 Å². The van der Waals surface area contributed by atoms with Crippen LogP contribution in [0.15, 0.2) is 156 Å².